The fraction of sp³-hybridized carbons (Fsp3) is 0.389. The van der Waals surface area contributed by atoms with E-state index in [-0.39, 0.29) is 11.0 Å². The molecule has 1 aromatic carbocycles. The summed E-state index contributed by atoms with van der Waals surface area (Å²) in [5.41, 5.74) is 0. The first-order valence-electron chi connectivity index (χ1n) is 8.46. The molecule has 0 spiro atoms. The van der Waals surface area contributed by atoms with E-state index in [1.165, 1.54) is 16.4 Å². The lowest BCUT2D eigenvalue weighted by molar-refractivity contribution is 0.00696. The van der Waals surface area contributed by atoms with Crippen LogP contribution in [0.4, 0.5) is 4.39 Å². The Labute approximate surface area is 152 Å². The van der Waals surface area contributed by atoms with Gasteiger partial charge in [-0.2, -0.15) is 4.31 Å². The quantitative estimate of drug-likeness (QED) is 0.690. The number of benzene rings is 1. The Morgan fingerprint density at radius 2 is 1.85 bits per heavy atom. The van der Waals surface area contributed by atoms with Crippen molar-refractivity contribution in [2.45, 2.75) is 23.8 Å². The SMILES string of the molecule is O=S(=O)(c1ccc(F)cc1)N1CCC(OCCOc2cccnc2)CC1. The number of ether oxygens (including phenoxy) is 2. The van der Waals surface area contributed by atoms with Crippen molar-refractivity contribution < 1.29 is 22.3 Å². The van der Waals surface area contributed by atoms with Gasteiger partial charge in [0, 0.05) is 19.3 Å². The molecule has 26 heavy (non-hydrogen) atoms. The normalized spacial score (nSPS) is 16.5. The van der Waals surface area contributed by atoms with E-state index < -0.39 is 15.8 Å². The largest absolute Gasteiger partial charge is 0.490 e. The van der Waals surface area contributed by atoms with E-state index in [4.69, 9.17) is 9.47 Å². The third kappa shape index (κ3) is 4.78. The van der Waals surface area contributed by atoms with Crippen LogP contribution in [-0.4, -0.2) is 50.1 Å². The molecule has 0 N–H and O–H groups in total. The minimum atomic E-state index is -3.58. The van der Waals surface area contributed by atoms with Crippen LogP contribution in [0, 0.1) is 5.82 Å². The van der Waals surface area contributed by atoms with Gasteiger partial charge in [-0.1, -0.05) is 0 Å². The van der Waals surface area contributed by atoms with Gasteiger partial charge in [0.1, 0.15) is 18.2 Å². The molecule has 0 radical (unpaired) electrons. The van der Waals surface area contributed by atoms with Gasteiger partial charge in [-0.3, -0.25) is 4.98 Å². The summed E-state index contributed by atoms with van der Waals surface area (Å²) in [6.45, 7) is 1.62. The van der Waals surface area contributed by atoms with Gasteiger partial charge in [-0.25, -0.2) is 12.8 Å². The molecule has 6 nitrogen and oxygen atoms in total. The van der Waals surface area contributed by atoms with E-state index in [0.717, 1.165) is 12.1 Å². The second-order valence-corrected chi connectivity index (χ2v) is 7.90. The second-order valence-electron chi connectivity index (χ2n) is 5.97. The van der Waals surface area contributed by atoms with Crippen molar-refractivity contribution in [2.75, 3.05) is 26.3 Å². The van der Waals surface area contributed by atoms with Crippen LogP contribution in [0.5, 0.6) is 5.75 Å². The first-order valence-corrected chi connectivity index (χ1v) is 9.90. The highest BCUT2D eigenvalue weighted by Crippen LogP contribution is 2.22. The third-order valence-corrected chi connectivity index (χ3v) is 6.11. The number of pyridine rings is 1. The monoisotopic (exact) mass is 380 g/mol. The highest BCUT2D eigenvalue weighted by atomic mass is 32.2. The molecule has 140 valence electrons. The van der Waals surface area contributed by atoms with Crippen LogP contribution in [0.2, 0.25) is 0 Å². The van der Waals surface area contributed by atoms with Crippen molar-refractivity contribution in [3.05, 3.63) is 54.6 Å². The summed E-state index contributed by atoms with van der Waals surface area (Å²) in [4.78, 5) is 4.08. The summed E-state index contributed by atoms with van der Waals surface area (Å²) in [5.74, 6) is 0.237. The number of hydrogen-bond acceptors (Lipinski definition) is 5. The van der Waals surface area contributed by atoms with E-state index in [2.05, 4.69) is 4.98 Å². The second kappa shape index (κ2) is 8.57. The third-order valence-electron chi connectivity index (χ3n) is 4.19. The minimum absolute atomic E-state index is 0.00664. The van der Waals surface area contributed by atoms with Gasteiger partial charge in [0.25, 0.3) is 0 Å². The summed E-state index contributed by atoms with van der Waals surface area (Å²) in [5, 5.41) is 0. The van der Waals surface area contributed by atoms with Crippen molar-refractivity contribution in [2.24, 2.45) is 0 Å². The molecule has 1 aliphatic heterocycles. The lowest BCUT2D eigenvalue weighted by atomic mass is 10.1. The summed E-state index contributed by atoms with van der Waals surface area (Å²) in [6, 6.07) is 8.53. The summed E-state index contributed by atoms with van der Waals surface area (Å²) in [7, 11) is -3.58. The van der Waals surface area contributed by atoms with Crippen LogP contribution in [-0.2, 0) is 14.8 Å². The predicted octanol–water partition coefficient (Wildman–Crippen LogP) is 2.47. The molecule has 2 heterocycles. The van der Waals surface area contributed by atoms with Gasteiger partial charge in [0.15, 0.2) is 0 Å². The molecule has 1 fully saturated rings. The molecule has 3 rings (SSSR count). The number of sulfonamides is 1. The zero-order chi connectivity index (χ0) is 18.4. The fourth-order valence-corrected chi connectivity index (χ4v) is 4.27. The Morgan fingerprint density at radius 1 is 1.12 bits per heavy atom. The average molecular weight is 380 g/mol. The molecule has 0 amide bonds. The van der Waals surface area contributed by atoms with Crippen molar-refractivity contribution in [3.63, 3.8) is 0 Å². The van der Waals surface area contributed by atoms with E-state index in [1.807, 2.05) is 6.07 Å². The molecular weight excluding hydrogens is 359 g/mol. The summed E-state index contributed by atoms with van der Waals surface area (Å²) >= 11 is 0. The molecule has 0 bridgehead atoms. The maximum Gasteiger partial charge on any atom is 0.243 e. The van der Waals surface area contributed by atoms with Crippen LogP contribution >= 0.6 is 0 Å². The first kappa shape index (κ1) is 18.8. The molecule has 0 atom stereocenters. The number of hydrogen-bond donors (Lipinski definition) is 0. The number of piperidine rings is 1. The molecule has 1 aliphatic rings. The predicted molar refractivity (Wildman–Crippen MR) is 93.9 cm³/mol. The zero-order valence-corrected chi connectivity index (χ0v) is 15.1. The van der Waals surface area contributed by atoms with Crippen molar-refractivity contribution in [1.82, 2.24) is 9.29 Å². The molecule has 1 aromatic heterocycles. The van der Waals surface area contributed by atoms with Crippen LogP contribution in [0.3, 0.4) is 0 Å². The highest BCUT2D eigenvalue weighted by molar-refractivity contribution is 7.89. The molecular formula is C18H21FN2O4S. The number of rotatable bonds is 7. The molecule has 0 saturated carbocycles. The fourth-order valence-electron chi connectivity index (χ4n) is 2.80. The Hall–Kier alpha value is -2.03. The van der Waals surface area contributed by atoms with Gasteiger partial charge in [0.2, 0.25) is 10.0 Å². The van der Waals surface area contributed by atoms with Crippen molar-refractivity contribution in [3.8, 4) is 5.75 Å². The van der Waals surface area contributed by atoms with Crippen LogP contribution in [0.15, 0.2) is 53.7 Å². The Kier molecular flexibility index (Phi) is 6.18. The minimum Gasteiger partial charge on any atom is -0.490 e. The smallest absolute Gasteiger partial charge is 0.243 e. The number of nitrogens with zero attached hydrogens (tertiary/aromatic N) is 2. The van der Waals surface area contributed by atoms with Crippen LogP contribution in [0.1, 0.15) is 12.8 Å². The van der Waals surface area contributed by atoms with Crippen molar-refractivity contribution in [1.29, 1.82) is 0 Å². The molecule has 8 heteroatoms. The number of aromatic nitrogens is 1. The summed E-state index contributed by atoms with van der Waals surface area (Å²) < 4.78 is 50.8. The lowest BCUT2D eigenvalue weighted by Gasteiger charge is -2.31. The van der Waals surface area contributed by atoms with E-state index in [0.29, 0.717) is 44.9 Å². The zero-order valence-electron chi connectivity index (χ0n) is 14.3. The topological polar surface area (TPSA) is 68.7 Å². The van der Waals surface area contributed by atoms with Gasteiger partial charge in [-0.05, 0) is 49.2 Å². The van der Waals surface area contributed by atoms with Crippen molar-refractivity contribution >= 4 is 10.0 Å². The van der Waals surface area contributed by atoms with Gasteiger partial charge in [-0.15, -0.1) is 0 Å². The average Bonchev–Trinajstić information content (AvgIpc) is 2.67. The maximum atomic E-state index is 13.0. The Balaban J connectivity index is 1.43. The Morgan fingerprint density at radius 3 is 2.50 bits per heavy atom. The van der Waals surface area contributed by atoms with Crippen LogP contribution in [0.25, 0.3) is 0 Å². The Bertz CT molecular complexity index is 792. The highest BCUT2D eigenvalue weighted by Gasteiger charge is 2.29. The lowest BCUT2D eigenvalue weighted by Crippen LogP contribution is -2.41. The van der Waals surface area contributed by atoms with E-state index in [1.54, 1.807) is 18.5 Å². The first-order chi connectivity index (χ1) is 12.6. The van der Waals surface area contributed by atoms with E-state index in [9.17, 15) is 12.8 Å². The van der Waals surface area contributed by atoms with Crippen LogP contribution < -0.4 is 4.74 Å². The summed E-state index contributed by atoms with van der Waals surface area (Å²) in [6.07, 6.45) is 4.56. The molecule has 2 aromatic rings. The standard InChI is InChI=1S/C18H21FN2O4S/c19-15-3-5-18(6-4-15)26(22,23)21-10-7-16(8-11-21)24-12-13-25-17-2-1-9-20-14-17/h1-6,9,14,16H,7-8,10-13H2. The van der Waals surface area contributed by atoms with Gasteiger partial charge < -0.3 is 9.47 Å². The maximum absolute atomic E-state index is 13.0. The number of halogens is 1. The molecule has 1 saturated heterocycles. The van der Waals surface area contributed by atoms with E-state index >= 15 is 0 Å². The molecule has 0 unspecified atom stereocenters. The van der Waals surface area contributed by atoms with Gasteiger partial charge >= 0.3 is 0 Å². The molecule has 0 aliphatic carbocycles. The van der Waals surface area contributed by atoms with Gasteiger partial charge in [0.05, 0.1) is 23.8 Å².